The first-order chi connectivity index (χ1) is 8.85. The molecule has 0 aliphatic heterocycles. The molecule has 2 rings (SSSR count). The van der Waals surface area contributed by atoms with Gasteiger partial charge in [-0.3, -0.25) is 4.98 Å². The van der Waals surface area contributed by atoms with Crippen molar-refractivity contribution in [1.82, 2.24) is 4.98 Å². The Bertz CT molecular complexity index is 411. The van der Waals surface area contributed by atoms with E-state index >= 15 is 0 Å². The molecule has 1 fully saturated rings. The maximum absolute atomic E-state index is 6.09. The van der Waals surface area contributed by atoms with Gasteiger partial charge in [0.2, 0.25) is 0 Å². The van der Waals surface area contributed by atoms with E-state index in [2.05, 4.69) is 25.8 Å². The van der Waals surface area contributed by atoms with Gasteiger partial charge in [0.1, 0.15) is 5.75 Å². The predicted octanol–water partition coefficient (Wildman–Crippen LogP) is 3.69. The number of aromatic nitrogens is 1. The van der Waals surface area contributed by atoms with Crippen LogP contribution in [0, 0.1) is 11.3 Å². The fourth-order valence-corrected chi connectivity index (χ4v) is 3.27. The largest absolute Gasteiger partial charge is 0.489 e. The first-order valence-corrected chi connectivity index (χ1v) is 7.24. The van der Waals surface area contributed by atoms with Crippen LogP contribution in [0.2, 0.25) is 0 Å². The Morgan fingerprint density at radius 2 is 2.11 bits per heavy atom. The average Bonchev–Trinajstić information content (AvgIpc) is 2.26. The zero-order valence-electron chi connectivity index (χ0n) is 12.5. The quantitative estimate of drug-likeness (QED) is 0.903. The Labute approximate surface area is 116 Å². The summed E-state index contributed by atoms with van der Waals surface area (Å²) in [7, 11) is 0. The standard InChI is InChI=1S/C16H26N2O/c1-11-7-14(9-16(3,4)8-11)19-13-5-6-15(12(2)17)18-10-13/h5-6,10-12,14H,7-9,17H2,1-4H3/t11?,12-,14?/m1/s1. The van der Waals surface area contributed by atoms with Crippen molar-refractivity contribution in [1.29, 1.82) is 0 Å². The van der Waals surface area contributed by atoms with Crippen LogP contribution in [0.5, 0.6) is 5.75 Å². The molecular formula is C16H26N2O. The fraction of sp³-hybridized carbons (Fsp3) is 0.688. The minimum Gasteiger partial charge on any atom is -0.489 e. The van der Waals surface area contributed by atoms with Crippen LogP contribution >= 0.6 is 0 Å². The number of nitrogens with two attached hydrogens (primary N) is 1. The normalized spacial score (nSPS) is 27.8. The molecule has 1 aliphatic carbocycles. The lowest BCUT2D eigenvalue weighted by Gasteiger charge is -2.38. The van der Waals surface area contributed by atoms with Crippen molar-refractivity contribution in [3.05, 3.63) is 24.0 Å². The summed E-state index contributed by atoms with van der Waals surface area (Å²) in [6, 6.07) is 3.91. The summed E-state index contributed by atoms with van der Waals surface area (Å²) in [6.45, 7) is 8.91. The smallest absolute Gasteiger partial charge is 0.138 e. The highest BCUT2D eigenvalue weighted by Gasteiger charge is 2.33. The van der Waals surface area contributed by atoms with E-state index in [1.165, 1.54) is 6.42 Å². The van der Waals surface area contributed by atoms with Crippen LogP contribution in [-0.2, 0) is 0 Å². The van der Waals surface area contributed by atoms with E-state index in [9.17, 15) is 0 Å². The number of hydrogen-bond donors (Lipinski definition) is 1. The molecule has 1 aromatic heterocycles. The molecule has 1 aliphatic rings. The van der Waals surface area contributed by atoms with Crippen LogP contribution < -0.4 is 10.5 Å². The van der Waals surface area contributed by atoms with Crippen molar-refractivity contribution in [3.8, 4) is 5.75 Å². The summed E-state index contributed by atoms with van der Waals surface area (Å²) in [5.74, 6) is 1.59. The second-order valence-corrected chi connectivity index (χ2v) is 6.86. The van der Waals surface area contributed by atoms with Crippen LogP contribution in [0.15, 0.2) is 18.3 Å². The number of hydrogen-bond acceptors (Lipinski definition) is 3. The molecule has 2 unspecified atom stereocenters. The van der Waals surface area contributed by atoms with Gasteiger partial charge in [0, 0.05) is 6.04 Å². The topological polar surface area (TPSA) is 48.1 Å². The first-order valence-electron chi connectivity index (χ1n) is 7.24. The van der Waals surface area contributed by atoms with Crippen molar-refractivity contribution in [3.63, 3.8) is 0 Å². The van der Waals surface area contributed by atoms with E-state index in [4.69, 9.17) is 10.5 Å². The maximum atomic E-state index is 6.09. The summed E-state index contributed by atoms with van der Waals surface area (Å²) >= 11 is 0. The molecule has 3 nitrogen and oxygen atoms in total. The van der Waals surface area contributed by atoms with Gasteiger partial charge in [-0.05, 0) is 49.7 Å². The number of ether oxygens (including phenoxy) is 1. The summed E-state index contributed by atoms with van der Waals surface area (Å²) < 4.78 is 6.09. The van der Waals surface area contributed by atoms with Crippen molar-refractivity contribution < 1.29 is 4.74 Å². The highest BCUT2D eigenvalue weighted by atomic mass is 16.5. The number of rotatable bonds is 3. The molecule has 0 radical (unpaired) electrons. The third-order valence-electron chi connectivity index (χ3n) is 3.88. The monoisotopic (exact) mass is 262 g/mol. The van der Waals surface area contributed by atoms with Crippen molar-refractivity contribution >= 4 is 0 Å². The summed E-state index contributed by atoms with van der Waals surface area (Å²) in [5, 5.41) is 0. The summed E-state index contributed by atoms with van der Waals surface area (Å²) in [4.78, 5) is 4.35. The van der Waals surface area contributed by atoms with E-state index in [0.29, 0.717) is 11.5 Å². The Hall–Kier alpha value is -1.09. The molecule has 3 heteroatoms. The Morgan fingerprint density at radius 1 is 1.37 bits per heavy atom. The van der Waals surface area contributed by atoms with Crippen molar-refractivity contribution in [2.24, 2.45) is 17.1 Å². The minimum absolute atomic E-state index is 0.0253. The zero-order valence-corrected chi connectivity index (χ0v) is 12.5. The van der Waals surface area contributed by atoms with Crippen LogP contribution in [0.4, 0.5) is 0 Å². The van der Waals surface area contributed by atoms with Crippen LogP contribution in [0.25, 0.3) is 0 Å². The Morgan fingerprint density at radius 3 is 2.63 bits per heavy atom. The van der Waals surface area contributed by atoms with Gasteiger partial charge in [0.25, 0.3) is 0 Å². The molecule has 1 saturated carbocycles. The molecule has 0 saturated heterocycles. The average molecular weight is 262 g/mol. The van der Waals surface area contributed by atoms with E-state index in [1.54, 1.807) is 6.20 Å². The van der Waals surface area contributed by atoms with Gasteiger partial charge in [-0.2, -0.15) is 0 Å². The molecule has 0 bridgehead atoms. The lowest BCUT2D eigenvalue weighted by molar-refractivity contribution is 0.0560. The van der Waals surface area contributed by atoms with Crippen LogP contribution in [0.3, 0.4) is 0 Å². The van der Waals surface area contributed by atoms with E-state index in [1.807, 2.05) is 19.1 Å². The predicted molar refractivity (Wildman–Crippen MR) is 78.1 cm³/mol. The van der Waals surface area contributed by atoms with Crippen LogP contribution in [-0.4, -0.2) is 11.1 Å². The molecule has 19 heavy (non-hydrogen) atoms. The minimum atomic E-state index is -0.0253. The van der Waals surface area contributed by atoms with Gasteiger partial charge >= 0.3 is 0 Å². The van der Waals surface area contributed by atoms with Crippen LogP contribution in [0.1, 0.15) is 58.7 Å². The Balaban J connectivity index is 2.00. The molecular weight excluding hydrogens is 236 g/mol. The van der Waals surface area contributed by atoms with Gasteiger partial charge in [0.05, 0.1) is 18.0 Å². The molecule has 2 N–H and O–H groups in total. The Kier molecular flexibility index (Phi) is 4.14. The highest BCUT2D eigenvalue weighted by Crippen LogP contribution is 2.39. The summed E-state index contributed by atoms with van der Waals surface area (Å²) in [6.07, 6.45) is 5.64. The molecule has 0 amide bonds. The summed E-state index contributed by atoms with van der Waals surface area (Å²) in [5.41, 5.74) is 7.08. The van der Waals surface area contributed by atoms with Gasteiger partial charge < -0.3 is 10.5 Å². The number of pyridine rings is 1. The molecule has 1 aromatic rings. The van der Waals surface area contributed by atoms with Crippen molar-refractivity contribution in [2.45, 2.75) is 59.1 Å². The first kappa shape index (κ1) is 14.3. The van der Waals surface area contributed by atoms with E-state index < -0.39 is 0 Å². The second-order valence-electron chi connectivity index (χ2n) is 6.86. The van der Waals surface area contributed by atoms with E-state index in [0.717, 1.165) is 30.2 Å². The fourth-order valence-electron chi connectivity index (χ4n) is 3.27. The van der Waals surface area contributed by atoms with Gasteiger partial charge in [-0.15, -0.1) is 0 Å². The molecule has 106 valence electrons. The zero-order chi connectivity index (χ0) is 14.0. The molecule has 0 aromatic carbocycles. The maximum Gasteiger partial charge on any atom is 0.138 e. The SMILES string of the molecule is CC1CC(Oc2ccc([C@@H](C)N)nc2)CC(C)(C)C1. The third-order valence-corrected chi connectivity index (χ3v) is 3.88. The van der Waals surface area contributed by atoms with Gasteiger partial charge in [-0.1, -0.05) is 20.8 Å². The van der Waals surface area contributed by atoms with E-state index in [-0.39, 0.29) is 6.04 Å². The lowest BCUT2D eigenvalue weighted by Crippen LogP contribution is -2.34. The molecule has 3 atom stereocenters. The highest BCUT2D eigenvalue weighted by molar-refractivity contribution is 5.21. The molecule has 1 heterocycles. The second kappa shape index (κ2) is 5.49. The molecule has 0 spiro atoms. The number of nitrogens with zero attached hydrogens (tertiary/aromatic N) is 1. The third kappa shape index (κ3) is 3.93. The van der Waals surface area contributed by atoms with Gasteiger partial charge in [0.15, 0.2) is 0 Å². The van der Waals surface area contributed by atoms with Gasteiger partial charge in [-0.25, -0.2) is 0 Å². The van der Waals surface area contributed by atoms with Crippen molar-refractivity contribution in [2.75, 3.05) is 0 Å². The lowest BCUT2D eigenvalue weighted by atomic mass is 9.71.